The van der Waals surface area contributed by atoms with Gasteiger partial charge in [-0.15, -0.1) is 22.7 Å². The molecule has 1 amide bonds. The predicted octanol–water partition coefficient (Wildman–Crippen LogP) is 2.48. The van der Waals surface area contributed by atoms with E-state index in [1.807, 2.05) is 5.38 Å². The summed E-state index contributed by atoms with van der Waals surface area (Å²) in [5.74, 6) is -1.09. The van der Waals surface area contributed by atoms with Crippen LogP contribution in [-0.4, -0.2) is 41.2 Å². The lowest BCUT2D eigenvalue weighted by Crippen LogP contribution is -2.38. The summed E-state index contributed by atoms with van der Waals surface area (Å²) in [6, 6.07) is 1.91. The molecule has 0 aromatic carbocycles. The Hall–Kier alpha value is -1.77. The van der Waals surface area contributed by atoms with Crippen molar-refractivity contribution in [1.29, 1.82) is 0 Å². The molecular formula is C14H14N2O4S2. The van der Waals surface area contributed by atoms with Gasteiger partial charge in [0.15, 0.2) is 0 Å². The first-order valence-corrected chi connectivity index (χ1v) is 8.50. The smallest absolute Gasteiger partial charge is 0.347 e. The molecule has 1 aliphatic rings. The molecule has 6 nitrogen and oxygen atoms in total. The zero-order valence-corrected chi connectivity index (χ0v) is 13.2. The molecule has 1 saturated heterocycles. The molecule has 8 heteroatoms. The third-order valence-electron chi connectivity index (χ3n) is 3.34. The molecule has 22 heavy (non-hydrogen) atoms. The third kappa shape index (κ3) is 3.34. The topological polar surface area (TPSA) is 88.5 Å². The lowest BCUT2D eigenvalue weighted by atomic mass is 10.1. The summed E-state index contributed by atoms with van der Waals surface area (Å²) in [7, 11) is 0. The molecule has 0 atom stereocenters. The molecular weight excluding hydrogens is 324 g/mol. The van der Waals surface area contributed by atoms with Crippen LogP contribution in [0.25, 0.3) is 10.6 Å². The van der Waals surface area contributed by atoms with Gasteiger partial charge in [-0.25, -0.2) is 9.78 Å². The minimum atomic E-state index is -0.989. The van der Waals surface area contributed by atoms with Crippen LogP contribution in [0.4, 0.5) is 0 Å². The van der Waals surface area contributed by atoms with E-state index in [9.17, 15) is 9.59 Å². The minimum absolute atomic E-state index is 0.0989. The van der Waals surface area contributed by atoms with Gasteiger partial charge in [0.05, 0.1) is 11.1 Å². The molecule has 3 heterocycles. The third-order valence-corrected chi connectivity index (χ3v) is 5.31. The predicted molar refractivity (Wildman–Crippen MR) is 83.7 cm³/mol. The van der Waals surface area contributed by atoms with E-state index in [0.29, 0.717) is 23.1 Å². The number of carboxylic acid groups (broad SMARTS) is 1. The Morgan fingerprint density at radius 3 is 2.77 bits per heavy atom. The number of rotatable bonds is 4. The van der Waals surface area contributed by atoms with Crippen molar-refractivity contribution in [3.8, 4) is 10.6 Å². The number of thiophene rings is 1. The number of nitrogens with one attached hydrogen (secondary N) is 1. The van der Waals surface area contributed by atoms with Crippen LogP contribution in [0.15, 0.2) is 17.6 Å². The number of nitrogens with zero attached hydrogens (tertiary/aromatic N) is 1. The van der Waals surface area contributed by atoms with Gasteiger partial charge >= 0.3 is 5.97 Å². The van der Waals surface area contributed by atoms with Crippen molar-refractivity contribution >= 4 is 34.6 Å². The van der Waals surface area contributed by atoms with Crippen molar-refractivity contribution in [2.75, 3.05) is 13.2 Å². The highest BCUT2D eigenvalue weighted by molar-refractivity contribution is 7.17. The van der Waals surface area contributed by atoms with Gasteiger partial charge < -0.3 is 15.2 Å². The Morgan fingerprint density at radius 2 is 2.09 bits per heavy atom. The summed E-state index contributed by atoms with van der Waals surface area (Å²) in [6.07, 6.45) is 3.00. The van der Waals surface area contributed by atoms with Gasteiger partial charge in [-0.3, -0.25) is 4.79 Å². The summed E-state index contributed by atoms with van der Waals surface area (Å²) in [5.41, 5.74) is 0.777. The van der Waals surface area contributed by atoms with Crippen molar-refractivity contribution in [2.45, 2.75) is 18.9 Å². The first-order valence-electron chi connectivity index (χ1n) is 6.80. The molecule has 3 rings (SSSR count). The fourth-order valence-electron chi connectivity index (χ4n) is 2.17. The van der Waals surface area contributed by atoms with Crippen LogP contribution in [0.2, 0.25) is 0 Å². The highest BCUT2D eigenvalue weighted by atomic mass is 32.1. The van der Waals surface area contributed by atoms with Crippen LogP contribution in [0, 0.1) is 0 Å². The van der Waals surface area contributed by atoms with Gasteiger partial charge in [0.1, 0.15) is 9.88 Å². The van der Waals surface area contributed by atoms with E-state index in [-0.39, 0.29) is 16.8 Å². The normalized spacial score (nSPS) is 15.6. The van der Waals surface area contributed by atoms with Crippen molar-refractivity contribution in [1.82, 2.24) is 10.3 Å². The standard InChI is InChI=1S/C14H14N2O4S2/c17-12(16-9-1-3-20-4-2-9)10-5-8(7-21-10)13-15-6-11(22-13)14(18)19/h5-7,9H,1-4H2,(H,16,17)(H,18,19). The van der Waals surface area contributed by atoms with E-state index in [0.717, 1.165) is 29.7 Å². The van der Waals surface area contributed by atoms with Gasteiger partial charge in [-0.1, -0.05) is 0 Å². The fraction of sp³-hybridized carbons (Fsp3) is 0.357. The van der Waals surface area contributed by atoms with E-state index in [4.69, 9.17) is 9.84 Å². The quantitative estimate of drug-likeness (QED) is 0.894. The van der Waals surface area contributed by atoms with Gasteiger partial charge in [-0.2, -0.15) is 0 Å². The second kappa shape index (κ2) is 6.55. The maximum atomic E-state index is 12.2. The zero-order valence-electron chi connectivity index (χ0n) is 11.6. The maximum Gasteiger partial charge on any atom is 0.347 e. The second-order valence-corrected chi connectivity index (χ2v) is 6.84. The van der Waals surface area contributed by atoms with E-state index >= 15 is 0 Å². The molecule has 0 spiro atoms. The number of carbonyl (C=O) groups excluding carboxylic acids is 1. The van der Waals surface area contributed by atoms with Crippen molar-refractivity contribution in [2.24, 2.45) is 0 Å². The molecule has 0 radical (unpaired) electrons. The Kier molecular flexibility index (Phi) is 4.51. The van der Waals surface area contributed by atoms with E-state index < -0.39 is 5.97 Å². The van der Waals surface area contributed by atoms with Crippen LogP contribution in [0.3, 0.4) is 0 Å². The van der Waals surface area contributed by atoms with Crippen molar-refractivity contribution in [3.05, 3.63) is 27.4 Å². The summed E-state index contributed by atoms with van der Waals surface area (Å²) < 4.78 is 5.27. The molecule has 0 aliphatic carbocycles. The first kappa shape index (κ1) is 15.1. The summed E-state index contributed by atoms with van der Waals surface area (Å²) >= 11 is 2.44. The molecule has 0 unspecified atom stereocenters. The van der Waals surface area contributed by atoms with Crippen LogP contribution >= 0.6 is 22.7 Å². The van der Waals surface area contributed by atoms with Gasteiger partial charge in [0, 0.05) is 30.2 Å². The average Bonchev–Trinajstić information content (AvgIpc) is 3.17. The molecule has 1 aliphatic heterocycles. The molecule has 0 bridgehead atoms. The number of hydrogen-bond acceptors (Lipinski definition) is 6. The monoisotopic (exact) mass is 338 g/mol. The lowest BCUT2D eigenvalue weighted by molar-refractivity contribution is 0.0691. The van der Waals surface area contributed by atoms with Gasteiger partial charge in [0.25, 0.3) is 5.91 Å². The first-order chi connectivity index (χ1) is 10.6. The molecule has 2 aromatic rings. The summed E-state index contributed by atoms with van der Waals surface area (Å²) in [5, 5.41) is 14.4. The molecule has 2 N–H and O–H groups in total. The van der Waals surface area contributed by atoms with Crippen molar-refractivity contribution in [3.63, 3.8) is 0 Å². The number of carboxylic acids is 1. The highest BCUT2D eigenvalue weighted by Gasteiger charge is 2.19. The Morgan fingerprint density at radius 1 is 1.32 bits per heavy atom. The molecule has 1 fully saturated rings. The number of carbonyl (C=O) groups is 2. The maximum absolute atomic E-state index is 12.2. The number of thiazole rings is 1. The number of hydrogen-bond donors (Lipinski definition) is 2. The largest absolute Gasteiger partial charge is 0.477 e. The van der Waals surface area contributed by atoms with Crippen molar-refractivity contribution < 1.29 is 19.4 Å². The summed E-state index contributed by atoms with van der Waals surface area (Å²) in [6.45, 7) is 1.36. The van der Waals surface area contributed by atoms with Crippen LogP contribution in [0.5, 0.6) is 0 Å². The van der Waals surface area contributed by atoms with Crippen LogP contribution < -0.4 is 5.32 Å². The SMILES string of the molecule is O=C(O)c1cnc(-c2csc(C(=O)NC3CCOCC3)c2)s1. The Balaban J connectivity index is 1.69. The molecule has 2 aromatic heterocycles. The number of aromatic nitrogens is 1. The lowest BCUT2D eigenvalue weighted by Gasteiger charge is -2.22. The molecule has 116 valence electrons. The number of amides is 1. The van der Waals surface area contributed by atoms with E-state index in [1.54, 1.807) is 6.07 Å². The Bertz CT molecular complexity index is 689. The molecule has 0 saturated carbocycles. The Labute approximate surface area is 134 Å². The van der Waals surface area contributed by atoms with Gasteiger partial charge in [0.2, 0.25) is 0 Å². The second-order valence-electron chi connectivity index (χ2n) is 4.89. The summed E-state index contributed by atoms with van der Waals surface area (Å²) in [4.78, 5) is 28.0. The number of ether oxygens (including phenoxy) is 1. The minimum Gasteiger partial charge on any atom is -0.477 e. The fourth-order valence-corrected chi connectivity index (χ4v) is 3.78. The van der Waals surface area contributed by atoms with Crippen LogP contribution in [-0.2, 0) is 4.74 Å². The van der Waals surface area contributed by atoms with E-state index in [2.05, 4.69) is 10.3 Å². The highest BCUT2D eigenvalue weighted by Crippen LogP contribution is 2.29. The average molecular weight is 338 g/mol. The van der Waals surface area contributed by atoms with E-state index in [1.165, 1.54) is 17.5 Å². The zero-order chi connectivity index (χ0) is 15.5. The van der Waals surface area contributed by atoms with Gasteiger partial charge in [-0.05, 0) is 18.9 Å². The number of aromatic carboxylic acids is 1. The van der Waals surface area contributed by atoms with Crippen LogP contribution in [0.1, 0.15) is 32.2 Å².